The highest BCUT2D eigenvalue weighted by molar-refractivity contribution is 5.94. The van der Waals surface area contributed by atoms with E-state index in [1.54, 1.807) is 25.2 Å². The summed E-state index contributed by atoms with van der Waals surface area (Å²) >= 11 is 0. The molecule has 0 fully saturated rings. The minimum Gasteiger partial charge on any atom is -0.395 e. The van der Waals surface area contributed by atoms with E-state index in [4.69, 9.17) is 14.6 Å². The lowest BCUT2D eigenvalue weighted by Crippen LogP contribution is -2.36. The zero-order chi connectivity index (χ0) is 14.1. The average Bonchev–Trinajstić information content (AvgIpc) is 2.43. The number of aliphatic hydroxyl groups is 1. The Kier molecular flexibility index (Phi) is 7.10. The van der Waals surface area contributed by atoms with Gasteiger partial charge >= 0.3 is 0 Å². The van der Waals surface area contributed by atoms with E-state index < -0.39 is 0 Å². The molecule has 0 bridgehead atoms. The van der Waals surface area contributed by atoms with Gasteiger partial charge in [-0.25, -0.2) is 0 Å². The van der Waals surface area contributed by atoms with Gasteiger partial charge in [0.05, 0.1) is 19.8 Å². The number of carbonyl (C=O) groups excluding carboxylic acids is 1. The zero-order valence-corrected chi connectivity index (χ0v) is 11.5. The van der Waals surface area contributed by atoms with E-state index >= 15 is 0 Å². The largest absolute Gasteiger partial charge is 0.395 e. The van der Waals surface area contributed by atoms with Gasteiger partial charge in [0, 0.05) is 32.9 Å². The Morgan fingerprint density at radius 3 is 2.68 bits per heavy atom. The van der Waals surface area contributed by atoms with E-state index in [2.05, 4.69) is 0 Å². The first-order valence-corrected chi connectivity index (χ1v) is 6.20. The summed E-state index contributed by atoms with van der Waals surface area (Å²) in [6.07, 6.45) is 0. The van der Waals surface area contributed by atoms with Crippen molar-refractivity contribution in [1.82, 2.24) is 4.90 Å². The molecule has 0 heterocycles. The number of amides is 1. The molecule has 0 saturated heterocycles. The predicted molar refractivity (Wildman–Crippen MR) is 72.0 cm³/mol. The zero-order valence-electron chi connectivity index (χ0n) is 11.5. The molecule has 1 amide bonds. The Bertz CT molecular complexity index is 395. The molecule has 0 aliphatic rings. The molecule has 0 unspecified atom stereocenters. The molecular weight excluding hydrogens is 246 g/mol. The first-order valence-electron chi connectivity index (χ1n) is 6.20. The minimum atomic E-state index is -0.107. The lowest BCUT2D eigenvalue weighted by atomic mass is 10.1. The molecule has 0 radical (unpaired) electrons. The highest BCUT2D eigenvalue weighted by Crippen LogP contribution is 2.09. The molecule has 5 heteroatoms. The fraction of sp³-hybridized carbons (Fsp3) is 0.500. The van der Waals surface area contributed by atoms with Crippen LogP contribution >= 0.6 is 0 Å². The summed E-state index contributed by atoms with van der Waals surface area (Å²) in [5, 5.41) is 9.02. The molecule has 1 aromatic carbocycles. The van der Waals surface area contributed by atoms with Gasteiger partial charge in [-0.05, 0) is 17.7 Å². The topological polar surface area (TPSA) is 59.0 Å². The van der Waals surface area contributed by atoms with Crippen molar-refractivity contribution in [3.63, 3.8) is 0 Å². The van der Waals surface area contributed by atoms with Crippen molar-refractivity contribution >= 4 is 5.91 Å². The van der Waals surface area contributed by atoms with Crippen LogP contribution in [0.2, 0.25) is 0 Å². The summed E-state index contributed by atoms with van der Waals surface area (Å²) in [4.78, 5) is 13.9. The Morgan fingerprint density at radius 1 is 1.26 bits per heavy atom. The van der Waals surface area contributed by atoms with Gasteiger partial charge < -0.3 is 19.5 Å². The summed E-state index contributed by atoms with van der Waals surface area (Å²) in [5.41, 5.74) is 1.54. The number of methoxy groups -OCH3 is 2. The maximum absolute atomic E-state index is 12.3. The summed E-state index contributed by atoms with van der Waals surface area (Å²) < 4.78 is 10.0. The molecule has 0 aliphatic heterocycles. The van der Waals surface area contributed by atoms with Crippen LogP contribution in [0.25, 0.3) is 0 Å². The summed E-state index contributed by atoms with van der Waals surface area (Å²) in [6, 6.07) is 7.31. The van der Waals surface area contributed by atoms with Crippen molar-refractivity contribution in [2.45, 2.75) is 6.61 Å². The summed E-state index contributed by atoms with van der Waals surface area (Å²) in [6.45, 7) is 1.62. The maximum Gasteiger partial charge on any atom is 0.254 e. The Morgan fingerprint density at radius 2 is 2.05 bits per heavy atom. The SMILES string of the molecule is COCCN(CCO)C(=O)c1cccc(COC)c1. The molecule has 0 spiro atoms. The van der Waals surface area contributed by atoms with Crippen molar-refractivity contribution in [3.05, 3.63) is 35.4 Å². The van der Waals surface area contributed by atoms with Gasteiger partial charge in [0.15, 0.2) is 0 Å². The standard InChI is InChI=1S/C14H21NO4/c1-18-9-7-15(6-8-16)14(17)13-5-3-4-12(10-13)11-19-2/h3-5,10,16H,6-9,11H2,1-2H3. The lowest BCUT2D eigenvalue weighted by Gasteiger charge is -2.21. The van der Waals surface area contributed by atoms with Crippen LogP contribution in [0.15, 0.2) is 24.3 Å². The first kappa shape index (κ1) is 15.6. The van der Waals surface area contributed by atoms with Gasteiger partial charge in [-0.3, -0.25) is 4.79 Å². The quantitative estimate of drug-likeness (QED) is 0.760. The van der Waals surface area contributed by atoms with Gasteiger partial charge in [-0.1, -0.05) is 12.1 Å². The third kappa shape index (κ3) is 4.98. The maximum atomic E-state index is 12.3. The van der Waals surface area contributed by atoms with Crippen LogP contribution in [0.5, 0.6) is 0 Å². The van der Waals surface area contributed by atoms with Gasteiger partial charge in [0.1, 0.15) is 0 Å². The Hall–Kier alpha value is -1.43. The second-order valence-corrected chi connectivity index (χ2v) is 4.14. The van der Waals surface area contributed by atoms with Crippen LogP contribution in [-0.4, -0.2) is 56.4 Å². The molecule has 19 heavy (non-hydrogen) atoms. The summed E-state index contributed by atoms with van der Waals surface area (Å²) in [5.74, 6) is -0.107. The number of rotatable bonds is 8. The fourth-order valence-electron chi connectivity index (χ4n) is 1.78. The third-order valence-corrected chi connectivity index (χ3v) is 2.71. The van der Waals surface area contributed by atoms with Gasteiger partial charge in [0.2, 0.25) is 0 Å². The van der Waals surface area contributed by atoms with Gasteiger partial charge in [0.25, 0.3) is 5.91 Å². The molecule has 1 N–H and O–H groups in total. The average molecular weight is 267 g/mol. The van der Waals surface area contributed by atoms with Crippen LogP contribution in [0, 0.1) is 0 Å². The number of benzene rings is 1. The number of hydrogen-bond donors (Lipinski definition) is 1. The highest BCUT2D eigenvalue weighted by Gasteiger charge is 2.15. The number of hydrogen-bond acceptors (Lipinski definition) is 4. The molecule has 1 rings (SSSR count). The molecule has 0 aromatic heterocycles. The normalized spacial score (nSPS) is 10.5. The summed E-state index contributed by atoms with van der Waals surface area (Å²) in [7, 11) is 3.20. The minimum absolute atomic E-state index is 0.0623. The van der Waals surface area contributed by atoms with Crippen LogP contribution in [0.3, 0.4) is 0 Å². The number of carbonyl (C=O) groups is 1. The van der Waals surface area contributed by atoms with Crippen LogP contribution in [0.4, 0.5) is 0 Å². The van der Waals surface area contributed by atoms with Crippen LogP contribution < -0.4 is 0 Å². The Labute approximate surface area is 113 Å². The fourth-order valence-corrected chi connectivity index (χ4v) is 1.78. The Balaban J connectivity index is 2.79. The van der Waals surface area contributed by atoms with Crippen molar-refractivity contribution in [3.8, 4) is 0 Å². The predicted octanol–water partition coefficient (Wildman–Crippen LogP) is 0.914. The number of ether oxygens (including phenoxy) is 2. The van der Waals surface area contributed by atoms with E-state index in [1.807, 2.05) is 18.2 Å². The first-order chi connectivity index (χ1) is 9.22. The second-order valence-electron chi connectivity index (χ2n) is 4.14. The van der Waals surface area contributed by atoms with E-state index in [0.29, 0.717) is 31.9 Å². The molecular formula is C14H21NO4. The van der Waals surface area contributed by atoms with E-state index in [-0.39, 0.29) is 12.5 Å². The third-order valence-electron chi connectivity index (χ3n) is 2.71. The van der Waals surface area contributed by atoms with Gasteiger partial charge in [-0.2, -0.15) is 0 Å². The molecule has 5 nitrogen and oxygen atoms in total. The van der Waals surface area contributed by atoms with E-state index in [1.165, 1.54) is 0 Å². The van der Waals surface area contributed by atoms with Crippen LogP contribution in [-0.2, 0) is 16.1 Å². The smallest absolute Gasteiger partial charge is 0.254 e. The van der Waals surface area contributed by atoms with Crippen molar-refractivity contribution in [1.29, 1.82) is 0 Å². The van der Waals surface area contributed by atoms with Crippen molar-refractivity contribution < 1.29 is 19.4 Å². The van der Waals surface area contributed by atoms with Crippen LogP contribution in [0.1, 0.15) is 15.9 Å². The van der Waals surface area contributed by atoms with E-state index in [0.717, 1.165) is 5.56 Å². The second kappa shape index (κ2) is 8.63. The van der Waals surface area contributed by atoms with Crippen molar-refractivity contribution in [2.24, 2.45) is 0 Å². The number of nitrogens with zero attached hydrogens (tertiary/aromatic N) is 1. The molecule has 1 aromatic rings. The van der Waals surface area contributed by atoms with Gasteiger partial charge in [-0.15, -0.1) is 0 Å². The number of aliphatic hydroxyl groups excluding tert-OH is 1. The lowest BCUT2D eigenvalue weighted by molar-refractivity contribution is 0.0656. The molecule has 0 aliphatic carbocycles. The molecule has 106 valence electrons. The monoisotopic (exact) mass is 267 g/mol. The molecule has 0 atom stereocenters. The highest BCUT2D eigenvalue weighted by atomic mass is 16.5. The molecule has 0 saturated carbocycles. The van der Waals surface area contributed by atoms with E-state index in [9.17, 15) is 4.79 Å². The van der Waals surface area contributed by atoms with Crippen molar-refractivity contribution in [2.75, 3.05) is 40.5 Å².